The van der Waals surface area contributed by atoms with E-state index in [0.717, 1.165) is 121 Å². The van der Waals surface area contributed by atoms with Gasteiger partial charge in [-0.3, -0.25) is 39.2 Å². The van der Waals surface area contributed by atoms with Crippen LogP contribution in [0.15, 0.2) is 168 Å². The fourth-order valence-corrected chi connectivity index (χ4v) is 21.6. The van der Waals surface area contributed by atoms with Crippen molar-refractivity contribution in [2.45, 2.75) is 298 Å². The smallest absolute Gasteiger partial charge is 0.162 e. The molecule has 4 aromatic carbocycles. The van der Waals surface area contributed by atoms with Crippen LogP contribution in [0.1, 0.15) is 303 Å². The Kier molecular flexibility index (Phi) is 43.6. The maximum atomic E-state index is 12.0. The van der Waals surface area contributed by atoms with Gasteiger partial charge in [0.25, 0.3) is 0 Å². The molecule has 21 nitrogen and oxygen atoms in total. The molecule has 4 N–H and O–H groups in total. The van der Waals surface area contributed by atoms with Crippen LogP contribution in [0.3, 0.4) is 0 Å². The Labute approximate surface area is 914 Å². The number of allylic oxidation sites excluding steroid dienone is 8. The van der Waals surface area contributed by atoms with E-state index in [1.807, 2.05) is 38.5 Å². The molecule has 4 radical (unpaired) electrons. The van der Waals surface area contributed by atoms with Crippen molar-refractivity contribution in [2.75, 3.05) is 0 Å². The first-order valence-corrected chi connectivity index (χ1v) is 50.9. The monoisotopic (exact) mass is 2700 g/mol. The fraction of sp³-hybridized carbons (Fsp3) is 0.417. The molecular formula is C115H139Ir4N13O8S3-4. The Morgan fingerprint density at radius 3 is 1.63 bits per heavy atom. The van der Waals surface area contributed by atoms with Crippen LogP contribution in [0.2, 0.25) is 0 Å². The Morgan fingerprint density at radius 1 is 0.517 bits per heavy atom. The van der Waals surface area contributed by atoms with Gasteiger partial charge in [0.05, 0.1) is 66.2 Å². The second kappa shape index (κ2) is 54.1. The number of aromatic nitrogens is 13. The van der Waals surface area contributed by atoms with Gasteiger partial charge in [0.15, 0.2) is 23.1 Å². The van der Waals surface area contributed by atoms with Crippen molar-refractivity contribution >= 4 is 119 Å². The molecule has 0 amide bonds. The van der Waals surface area contributed by atoms with Crippen LogP contribution in [0.25, 0.3) is 118 Å². The van der Waals surface area contributed by atoms with Gasteiger partial charge in [-0.1, -0.05) is 223 Å². The number of pyridine rings is 4. The van der Waals surface area contributed by atoms with Gasteiger partial charge in [-0.25, -0.2) is 4.98 Å². The molecule has 3 aliphatic rings. The number of carbonyl (C=O) groups is 4. The van der Waals surface area contributed by atoms with Gasteiger partial charge in [0, 0.05) is 192 Å². The Bertz CT molecular complexity index is 7050. The molecule has 3 fully saturated rings. The molecule has 0 bridgehead atoms. The normalized spacial score (nSPS) is 14.3. The van der Waals surface area contributed by atoms with Crippen molar-refractivity contribution in [1.82, 2.24) is 65.5 Å². The van der Waals surface area contributed by atoms with Crippen LogP contribution in [0, 0.1) is 72.6 Å². The number of ketones is 4. The molecule has 0 saturated heterocycles. The van der Waals surface area contributed by atoms with E-state index in [0.29, 0.717) is 29.5 Å². The maximum absolute atomic E-state index is 12.0. The molecule has 0 unspecified atom stereocenters. The largest absolute Gasteiger partial charge is 0.573 e. The zero-order valence-corrected chi connectivity index (χ0v) is 98.8. The summed E-state index contributed by atoms with van der Waals surface area (Å²) in [6.07, 6.45) is 29.2. The number of imidazole rings is 1. The van der Waals surface area contributed by atoms with E-state index >= 15 is 0 Å². The molecule has 770 valence electrons. The van der Waals surface area contributed by atoms with Crippen LogP contribution < -0.4 is 20.3 Å². The van der Waals surface area contributed by atoms with E-state index in [-0.39, 0.29) is 143 Å². The van der Waals surface area contributed by atoms with E-state index in [9.17, 15) is 24.3 Å². The zero-order valence-electron chi connectivity index (χ0n) is 89.8. The summed E-state index contributed by atoms with van der Waals surface area (Å²) in [6, 6.07) is 34.7. The number of thiophene rings is 3. The molecule has 0 spiro atoms. The van der Waals surface area contributed by atoms with Crippen LogP contribution in [-0.2, 0) is 117 Å². The number of nitrogens with zero attached hydrogens (tertiary/aromatic N) is 13. The number of carbonyl (C=O) groups excluding carboxylic acids is 4. The summed E-state index contributed by atoms with van der Waals surface area (Å²) in [7, 11) is 0. The van der Waals surface area contributed by atoms with E-state index in [2.05, 4.69) is 275 Å². The molecule has 3 saturated carbocycles. The summed E-state index contributed by atoms with van der Waals surface area (Å²) in [5.41, 5.74) is 24.0. The third kappa shape index (κ3) is 32.9. The Morgan fingerprint density at radius 2 is 1.08 bits per heavy atom. The van der Waals surface area contributed by atoms with E-state index in [1.54, 1.807) is 40.1 Å². The molecular weight excluding hydrogens is 2560 g/mol. The van der Waals surface area contributed by atoms with Gasteiger partial charge in [-0.2, -0.15) is 0 Å². The predicted octanol–water partition coefficient (Wildman–Crippen LogP) is 29.7. The van der Waals surface area contributed by atoms with Gasteiger partial charge in [0.1, 0.15) is 0 Å². The maximum Gasteiger partial charge on any atom is 0.162 e. The number of aliphatic hydroxyl groups excluding tert-OH is 4. The molecule has 15 aromatic rings. The zero-order chi connectivity index (χ0) is 104. The minimum atomic E-state index is -2.63. The molecule has 143 heavy (non-hydrogen) atoms. The number of aryl methyl sites for hydroxylation is 8. The van der Waals surface area contributed by atoms with E-state index < -0.39 is 12.6 Å². The number of rotatable bonds is 14. The first-order chi connectivity index (χ1) is 66.9. The summed E-state index contributed by atoms with van der Waals surface area (Å²) in [5, 5.41) is 71.4. The van der Waals surface area contributed by atoms with Crippen LogP contribution >= 0.6 is 34.0 Å². The molecule has 3 aliphatic carbocycles. The molecule has 0 atom stereocenters. The first kappa shape index (κ1) is 115. The third-order valence-corrected chi connectivity index (χ3v) is 28.3. The molecule has 18 rings (SSSR count). The van der Waals surface area contributed by atoms with Crippen LogP contribution in [0.5, 0.6) is 0 Å². The Hall–Kier alpha value is -9.65. The van der Waals surface area contributed by atoms with Gasteiger partial charge in [0.2, 0.25) is 0 Å². The number of hydrogen-bond acceptors (Lipinski definition) is 20. The summed E-state index contributed by atoms with van der Waals surface area (Å²) in [6.45, 7) is 45.4. The number of fused-ring (bicyclic) bond motifs is 7. The number of hydrogen-bond donors (Lipinski definition) is 4. The molecule has 11 heterocycles. The van der Waals surface area contributed by atoms with Crippen LogP contribution in [-0.4, -0.2) is 88.8 Å². The van der Waals surface area contributed by atoms with Gasteiger partial charge >= 0.3 is 0 Å². The first-order valence-electron chi connectivity index (χ1n) is 49.9. The SMILES string of the molecule is CC(=O)C=C(C)O.CC(=O)C=C(C)O.CC(C)(C)Cc1csc2c(-c3cc(C(C)(C)C)n[n-]3)nccc12.Cc1cc(C)c(-c2sc3c(-c4nc(C(C)(C)C)n[n-]4)nccc3c2C)c(C)c1.Cc1cc(C)c2c(C3CCCCC3)cc(-c3[n-]nc4c3sc3ccccc34)nc2c1.Cc1nc(-c2nccc3cc(C(C)C)ccc23)[n-]c1C.O=C(C=C(O)C1CCCCC1)C1CCCCC1.[2H]C([2H])([2H])C(=O)C=C(C)O.[Ir].[Ir].[Ir].[Ir]. The van der Waals surface area contributed by atoms with Gasteiger partial charge in [-0.15, -0.1) is 34.0 Å². The molecule has 11 aromatic heterocycles. The number of benzene rings is 4. The minimum Gasteiger partial charge on any atom is -0.573 e. The van der Waals surface area contributed by atoms with Crippen molar-refractivity contribution < 1.29 is 124 Å². The quantitative estimate of drug-likeness (QED) is 0.0580. The number of aliphatic hydroxyl groups is 4. The minimum absolute atomic E-state index is 0. The van der Waals surface area contributed by atoms with Gasteiger partial charge < -0.3 is 60.9 Å². The van der Waals surface area contributed by atoms with Crippen molar-refractivity contribution in [1.29, 1.82) is 0 Å². The average molecular weight is 2700 g/mol. The second-order valence-corrected chi connectivity index (χ2v) is 43.8. The summed E-state index contributed by atoms with van der Waals surface area (Å²) >= 11 is 5.32. The van der Waals surface area contributed by atoms with Crippen molar-refractivity contribution in [3.05, 3.63) is 241 Å². The summed E-state index contributed by atoms with van der Waals surface area (Å²) < 4.78 is 24.4. The Balaban J connectivity index is 0.000000235. The van der Waals surface area contributed by atoms with Crippen LogP contribution in [0.4, 0.5) is 0 Å². The topological polar surface area (TPSA) is 322 Å². The summed E-state index contributed by atoms with van der Waals surface area (Å²) in [5.74, 6) is 2.75. The fourth-order valence-electron chi connectivity index (χ4n) is 18.0. The van der Waals surface area contributed by atoms with Crippen molar-refractivity contribution in [3.8, 4) is 56.3 Å². The third-order valence-electron chi connectivity index (χ3n) is 24.8. The molecule has 0 aliphatic heterocycles. The van der Waals surface area contributed by atoms with Crippen molar-refractivity contribution in [3.63, 3.8) is 0 Å². The molecule has 28 heteroatoms. The average Bonchev–Trinajstić information content (AvgIpc) is 1.57. The second-order valence-electron chi connectivity index (χ2n) is 40.8. The van der Waals surface area contributed by atoms with E-state index in [4.69, 9.17) is 24.4 Å². The summed E-state index contributed by atoms with van der Waals surface area (Å²) in [4.78, 5) is 76.4. The van der Waals surface area contributed by atoms with Gasteiger partial charge in [-0.05, 0) is 279 Å². The predicted molar refractivity (Wildman–Crippen MR) is 573 cm³/mol. The van der Waals surface area contributed by atoms with Crippen molar-refractivity contribution in [2.24, 2.45) is 17.3 Å². The van der Waals surface area contributed by atoms with E-state index in [1.165, 1.54) is 214 Å². The standard InChI is InChI=1S/C26H24N3S.C23H25N4S.C19H24N3S.C17H18N3.C15H24O2.3C5H8O2.4Ir/c1-15-12-16(2)23-19(17-8-4-3-5-9-17)14-21(27-20(23)13-15)25-26-24(28-29-25)18-10-6-7-11-22(18)30-26;1-12-10-13(2)17(14(3)11-12)19-15(4)16-8-9-24-18(20(16)28-19)21-25-22(27-26-21)23(5,6)7;1-18(2,3)10-12-11-23-17-13(12)7-8-20-16(17)14-9-15(22-21-14)19(4,5)6;1-10(2)13-5-6-15-14(9-13)7-8-18-16(15)17-19-11(3)12(4)20-17;16-14(12-7-3-1-4-8-12)11-15(17)13-9-5-2-6-10-13;3*1-4(6)3-5(2)7;;;;/h6-7,10-14,17H,3-5,8-9H2,1-2H3;8-11H,1-7H3;7-9,11H,10H2,1-6H3;5-10H,1-4H3;11-13,16H,1-10H2;3*3,6H,1-2H3;;;;/q4*-1;;;;;;;;/i;;;;;2D3;;;;;;.